The lowest BCUT2D eigenvalue weighted by Crippen LogP contribution is -2.39. The summed E-state index contributed by atoms with van der Waals surface area (Å²) < 4.78 is 1.10. The molecule has 1 unspecified atom stereocenters. The molecule has 0 aliphatic carbocycles. The van der Waals surface area contributed by atoms with Crippen LogP contribution >= 0.6 is 15.9 Å². The highest BCUT2D eigenvalue weighted by Gasteiger charge is 2.10. The third kappa shape index (κ3) is 5.64. The van der Waals surface area contributed by atoms with Crippen molar-refractivity contribution in [2.24, 2.45) is 4.99 Å². The molecule has 0 saturated carbocycles. The zero-order chi connectivity index (χ0) is 17.4. The zero-order valence-corrected chi connectivity index (χ0v) is 16.1. The number of hydrogen-bond acceptors (Lipinski definition) is 2. The predicted octanol–water partition coefficient (Wildman–Crippen LogP) is 4.01. The number of aliphatic imine (C=N–C) groups is 1. The number of aryl methyl sites for hydroxylation is 1. The Hall–Kier alpha value is -1.88. The fourth-order valence-electron chi connectivity index (χ4n) is 2.37. The van der Waals surface area contributed by atoms with Gasteiger partial charge in [-0.15, -0.1) is 0 Å². The summed E-state index contributed by atoms with van der Waals surface area (Å²) >= 11 is 3.61. The molecule has 4 nitrogen and oxygen atoms in total. The van der Waals surface area contributed by atoms with Crippen molar-refractivity contribution in [2.45, 2.75) is 33.2 Å². The van der Waals surface area contributed by atoms with E-state index in [-0.39, 0.29) is 6.04 Å². The van der Waals surface area contributed by atoms with Crippen molar-refractivity contribution in [3.8, 4) is 0 Å². The number of rotatable bonds is 6. The van der Waals surface area contributed by atoms with E-state index in [0.29, 0.717) is 0 Å². The highest BCUT2D eigenvalue weighted by atomic mass is 79.9. The lowest BCUT2D eigenvalue weighted by Gasteiger charge is -2.19. The van der Waals surface area contributed by atoms with E-state index in [1.54, 1.807) is 0 Å². The Labute approximate surface area is 152 Å². The summed E-state index contributed by atoms with van der Waals surface area (Å²) in [7, 11) is 0. The van der Waals surface area contributed by atoms with Crippen LogP contribution in [0.25, 0.3) is 0 Å². The SMILES string of the molecule is CCNC(=NCCc1ccc(C)nc1)NC(C)c1ccccc1Br. The second-order valence-electron chi connectivity index (χ2n) is 5.71. The average Bonchev–Trinajstić information content (AvgIpc) is 2.57. The van der Waals surface area contributed by atoms with Crippen LogP contribution in [-0.2, 0) is 6.42 Å². The van der Waals surface area contributed by atoms with Gasteiger partial charge in [0.05, 0.1) is 6.04 Å². The average molecular weight is 389 g/mol. The molecule has 128 valence electrons. The first-order valence-electron chi connectivity index (χ1n) is 8.31. The van der Waals surface area contributed by atoms with Crippen molar-refractivity contribution < 1.29 is 0 Å². The predicted molar refractivity (Wildman–Crippen MR) is 104 cm³/mol. The summed E-state index contributed by atoms with van der Waals surface area (Å²) in [5.74, 6) is 0.834. The van der Waals surface area contributed by atoms with Crippen LogP contribution < -0.4 is 10.6 Å². The molecule has 0 radical (unpaired) electrons. The lowest BCUT2D eigenvalue weighted by molar-refractivity contribution is 0.683. The van der Waals surface area contributed by atoms with E-state index < -0.39 is 0 Å². The maximum Gasteiger partial charge on any atom is 0.191 e. The van der Waals surface area contributed by atoms with Crippen LogP contribution in [0.15, 0.2) is 52.1 Å². The smallest absolute Gasteiger partial charge is 0.191 e. The van der Waals surface area contributed by atoms with Gasteiger partial charge in [0.2, 0.25) is 0 Å². The van der Waals surface area contributed by atoms with E-state index in [1.165, 1.54) is 11.1 Å². The minimum absolute atomic E-state index is 0.166. The number of nitrogens with zero attached hydrogens (tertiary/aromatic N) is 2. The standard InChI is InChI=1S/C19H25BrN4/c1-4-21-19(22-12-11-16-10-9-14(2)23-13-16)24-15(3)17-7-5-6-8-18(17)20/h5-10,13,15H,4,11-12H2,1-3H3,(H2,21,22,24). The summed E-state index contributed by atoms with van der Waals surface area (Å²) in [4.78, 5) is 9.00. The molecule has 0 fully saturated rings. The first-order chi connectivity index (χ1) is 11.6. The van der Waals surface area contributed by atoms with E-state index in [1.807, 2.05) is 31.3 Å². The van der Waals surface area contributed by atoms with Gasteiger partial charge in [-0.25, -0.2) is 0 Å². The number of pyridine rings is 1. The molecular weight excluding hydrogens is 364 g/mol. The minimum atomic E-state index is 0.166. The first-order valence-corrected chi connectivity index (χ1v) is 9.10. The lowest BCUT2D eigenvalue weighted by atomic mass is 10.1. The maximum absolute atomic E-state index is 4.68. The van der Waals surface area contributed by atoms with E-state index in [0.717, 1.165) is 35.6 Å². The molecule has 0 saturated heterocycles. The van der Waals surface area contributed by atoms with Crippen LogP contribution in [0, 0.1) is 6.92 Å². The maximum atomic E-state index is 4.68. The van der Waals surface area contributed by atoms with E-state index in [4.69, 9.17) is 0 Å². The molecule has 0 bridgehead atoms. The summed E-state index contributed by atoms with van der Waals surface area (Å²) in [6, 6.07) is 12.6. The molecule has 2 N–H and O–H groups in total. The van der Waals surface area contributed by atoms with Crippen LogP contribution in [0.3, 0.4) is 0 Å². The fourth-order valence-corrected chi connectivity index (χ4v) is 3.00. The minimum Gasteiger partial charge on any atom is -0.357 e. The van der Waals surface area contributed by atoms with Gasteiger partial charge in [-0.3, -0.25) is 9.98 Å². The summed E-state index contributed by atoms with van der Waals surface area (Å²) in [6.45, 7) is 7.77. The van der Waals surface area contributed by atoms with Gasteiger partial charge in [0.15, 0.2) is 5.96 Å². The van der Waals surface area contributed by atoms with Gasteiger partial charge in [0.25, 0.3) is 0 Å². The normalized spacial score (nSPS) is 12.8. The number of guanidine groups is 1. The Balaban J connectivity index is 1.97. The summed E-state index contributed by atoms with van der Waals surface area (Å²) in [5, 5.41) is 6.77. The van der Waals surface area contributed by atoms with Gasteiger partial charge in [0, 0.05) is 29.5 Å². The van der Waals surface area contributed by atoms with Crippen molar-refractivity contribution >= 4 is 21.9 Å². The number of nitrogens with one attached hydrogen (secondary N) is 2. The molecule has 0 amide bonds. The molecule has 0 spiro atoms. The molecule has 24 heavy (non-hydrogen) atoms. The largest absolute Gasteiger partial charge is 0.357 e. The molecule has 0 aliphatic rings. The van der Waals surface area contributed by atoms with Gasteiger partial charge in [-0.1, -0.05) is 40.2 Å². The Bertz CT molecular complexity index is 667. The quantitative estimate of drug-likeness (QED) is 0.580. The third-order valence-corrected chi connectivity index (χ3v) is 4.43. The van der Waals surface area contributed by atoms with Crippen LogP contribution in [0.2, 0.25) is 0 Å². The van der Waals surface area contributed by atoms with Gasteiger partial charge >= 0.3 is 0 Å². The van der Waals surface area contributed by atoms with E-state index >= 15 is 0 Å². The van der Waals surface area contributed by atoms with Crippen LogP contribution in [-0.4, -0.2) is 24.0 Å². The third-order valence-electron chi connectivity index (χ3n) is 3.71. The summed E-state index contributed by atoms with van der Waals surface area (Å²) in [6.07, 6.45) is 2.81. The Kier molecular flexibility index (Phi) is 7.25. The second-order valence-corrected chi connectivity index (χ2v) is 6.56. The number of halogens is 1. The monoisotopic (exact) mass is 388 g/mol. The van der Waals surface area contributed by atoms with E-state index in [9.17, 15) is 0 Å². The highest BCUT2D eigenvalue weighted by molar-refractivity contribution is 9.10. The number of benzene rings is 1. The van der Waals surface area contributed by atoms with Gasteiger partial charge < -0.3 is 10.6 Å². The Morgan fingerprint density at radius 2 is 2.04 bits per heavy atom. The molecule has 1 heterocycles. The van der Waals surface area contributed by atoms with Crippen molar-refractivity contribution in [1.82, 2.24) is 15.6 Å². The van der Waals surface area contributed by atoms with Gasteiger partial charge in [0.1, 0.15) is 0 Å². The van der Waals surface area contributed by atoms with Crippen molar-refractivity contribution in [3.05, 3.63) is 63.9 Å². The Morgan fingerprint density at radius 3 is 2.71 bits per heavy atom. The van der Waals surface area contributed by atoms with Gasteiger partial charge in [-0.2, -0.15) is 0 Å². The number of aromatic nitrogens is 1. The van der Waals surface area contributed by atoms with Crippen LogP contribution in [0.1, 0.15) is 36.7 Å². The van der Waals surface area contributed by atoms with Crippen molar-refractivity contribution in [1.29, 1.82) is 0 Å². The molecular formula is C19H25BrN4. The molecule has 1 aromatic heterocycles. The molecule has 2 rings (SSSR count). The van der Waals surface area contributed by atoms with Crippen LogP contribution in [0.5, 0.6) is 0 Å². The first kappa shape index (κ1) is 18.5. The molecule has 0 aliphatic heterocycles. The number of hydrogen-bond donors (Lipinski definition) is 2. The van der Waals surface area contributed by atoms with E-state index in [2.05, 4.69) is 68.6 Å². The summed E-state index contributed by atoms with van der Waals surface area (Å²) in [5.41, 5.74) is 3.46. The van der Waals surface area contributed by atoms with Crippen molar-refractivity contribution in [2.75, 3.05) is 13.1 Å². The molecule has 1 atom stereocenters. The Morgan fingerprint density at radius 1 is 1.25 bits per heavy atom. The second kappa shape index (κ2) is 9.42. The van der Waals surface area contributed by atoms with Crippen molar-refractivity contribution in [3.63, 3.8) is 0 Å². The molecule has 2 aromatic rings. The van der Waals surface area contributed by atoms with Gasteiger partial charge in [-0.05, 0) is 50.5 Å². The highest BCUT2D eigenvalue weighted by Crippen LogP contribution is 2.22. The zero-order valence-electron chi connectivity index (χ0n) is 14.5. The van der Waals surface area contributed by atoms with Crippen LogP contribution in [0.4, 0.5) is 0 Å². The molecule has 5 heteroatoms. The fraction of sp³-hybridized carbons (Fsp3) is 0.368. The topological polar surface area (TPSA) is 49.3 Å². The molecule has 1 aromatic carbocycles.